The summed E-state index contributed by atoms with van der Waals surface area (Å²) in [6.07, 6.45) is 4.65. The number of piperidine rings is 1. The van der Waals surface area contributed by atoms with Gasteiger partial charge in [-0.05, 0) is 37.8 Å². The quantitative estimate of drug-likeness (QED) is 0.397. The molecular formula is C22H17ClF4N4O. The van der Waals surface area contributed by atoms with Gasteiger partial charge in [-0.1, -0.05) is 11.6 Å². The van der Waals surface area contributed by atoms with Gasteiger partial charge in [-0.2, -0.15) is 5.10 Å². The average Bonchev–Trinajstić information content (AvgIpc) is 3.06. The number of carbonyl (C=O) groups is 1. The van der Waals surface area contributed by atoms with Gasteiger partial charge in [0, 0.05) is 30.4 Å². The van der Waals surface area contributed by atoms with E-state index in [2.05, 4.69) is 10.1 Å². The number of fused-ring (bicyclic) bond motifs is 4. The number of benzene rings is 1. The van der Waals surface area contributed by atoms with Crippen molar-refractivity contribution in [1.82, 2.24) is 19.7 Å². The number of hydrogen-bond acceptors (Lipinski definition) is 3. The molecule has 166 valence electrons. The Balaban J connectivity index is 1.62. The second-order valence-electron chi connectivity index (χ2n) is 8.09. The molecule has 3 aromatic rings. The van der Waals surface area contributed by atoms with Crippen LogP contribution in [0.25, 0.3) is 11.3 Å². The Morgan fingerprint density at radius 2 is 1.81 bits per heavy atom. The lowest BCUT2D eigenvalue weighted by molar-refractivity contribution is 0.0387. The lowest BCUT2D eigenvalue weighted by Gasteiger charge is -2.45. The van der Waals surface area contributed by atoms with Crippen molar-refractivity contribution in [2.45, 2.75) is 37.8 Å². The zero-order chi connectivity index (χ0) is 22.7. The van der Waals surface area contributed by atoms with E-state index >= 15 is 0 Å². The summed E-state index contributed by atoms with van der Waals surface area (Å²) < 4.78 is 57.2. The molecule has 0 unspecified atom stereocenters. The minimum Gasteiger partial charge on any atom is -0.326 e. The van der Waals surface area contributed by atoms with Crippen molar-refractivity contribution >= 4 is 17.5 Å². The summed E-state index contributed by atoms with van der Waals surface area (Å²) in [5.41, 5.74) is 1.73. The van der Waals surface area contributed by atoms with E-state index in [4.69, 9.17) is 11.6 Å². The minimum atomic E-state index is -1.53. The number of halogens is 5. The van der Waals surface area contributed by atoms with Gasteiger partial charge < -0.3 is 4.90 Å². The van der Waals surface area contributed by atoms with Crippen LogP contribution in [0, 0.1) is 23.3 Å². The van der Waals surface area contributed by atoms with Gasteiger partial charge in [0.1, 0.15) is 0 Å². The maximum atomic E-state index is 14.4. The summed E-state index contributed by atoms with van der Waals surface area (Å²) in [7, 11) is 1.63. The topological polar surface area (TPSA) is 51.0 Å². The minimum absolute atomic E-state index is 0.0714. The predicted octanol–water partition coefficient (Wildman–Crippen LogP) is 4.98. The molecule has 2 aliphatic rings. The fourth-order valence-corrected chi connectivity index (χ4v) is 5.17. The molecule has 10 heteroatoms. The van der Waals surface area contributed by atoms with Crippen molar-refractivity contribution in [2.24, 2.45) is 7.05 Å². The Labute approximate surface area is 185 Å². The van der Waals surface area contributed by atoms with Crippen molar-refractivity contribution in [3.63, 3.8) is 0 Å². The number of aryl methyl sites for hydroxylation is 1. The second kappa shape index (κ2) is 7.58. The van der Waals surface area contributed by atoms with Gasteiger partial charge in [0.25, 0.3) is 5.91 Å². The monoisotopic (exact) mass is 464 g/mol. The van der Waals surface area contributed by atoms with E-state index in [1.54, 1.807) is 11.9 Å². The van der Waals surface area contributed by atoms with Crippen molar-refractivity contribution in [3.05, 3.63) is 69.6 Å². The van der Waals surface area contributed by atoms with Crippen LogP contribution in [0.2, 0.25) is 5.02 Å². The Bertz CT molecular complexity index is 1220. The Hall–Kier alpha value is -2.94. The van der Waals surface area contributed by atoms with E-state index in [0.717, 1.165) is 30.3 Å². The Morgan fingerprint density at radius 3 is 2.50 bits per heavy atom. The van der Waals surface area contributed by atoms with Crippen LogP contribution in [0.4, 0.5) is 17.6 Å². The van der Waals surface area contributed by atoms with Crippen molar-refractivity contribution in [1.29, 1.82) is 0 Å². The first-order valence-corrected chi connectivity index (χ1v) is 10.5. The molecule has 0 spiro atoms. The van der Waals surface area contributed by atoms with Crippen molar-refractivity contribution < 1.29 is 22.4 Å². The van der Waals surface area contributed by atoms with Crippen LogP contribution in [0.5, 0.6) is 0 Å². The van der Waals surface area contributed by atoms with E-state index in [1.165, 1.54) is 10.9 Å². The third-order valence-electron chi connectivity index (χ3n) is 6.23. The van der Waals surface area contributed by atoms with Gasteiger partial charge in [-0.15, -0.1) is 0 Å². The molecule has 1 amide bonds. The van der Waals surface area contributed by atoms with E-state index in [9.17, 15) is 22.4 Å². The van der Waals surface area contributed by atoms with Gasteiger partial charge >= 0.3 is 0 Å². The lowest BCUT2D eigenvalue weighted by Crippen LogP contribution is -2.50. The third kappa shape index (κ3) is 3.09. The standard InChI is InChI=1S/C22H17ClF4N4O/c1-30-21(10-5-14(24)19(27)15(25)6-10)12-7-11-3-2-4-17(20(12)29-30)31(11)22(32)18-13(23)8-28-9-16(18)26/h5-6,8-9,11,17H,2-4,7H2,1H3/t11-,17+/m1/s1. The predicted molar refractivity (Wildman–Crippen MR) is 108 cm³/mol. The molecule has 1 aromatic carbocycles. The maximum Gasteiger partial charge on any atom is 0.259 e. The number of amides is 1. The zero-order valence-corrected chi connectivity index (χ0v) is 17.6. The van der Waals surface area contributed by atoms with Crippen LogP contribution >= 0.6 is 11.6 Å². The summed E-state index contributed by atoms with van der Waals surface area (Å²) in [6.45, 7) is 0. The van der Waals surface area contributed by atoms with Crippen molar-refractivity contribution in [2.75, 3.05) is 0 Å². The first-order valence-electron chi connectivity index (χ1n) is 10.1. The SMILES string of the molecule is Cn1nc2c(c1-c1cc(F)c(F)c(F)c1)C[C@H]1CCC[C@@H]2N1C(=O)c1c(F)cncc1Cl. The van der Waals surface area contributed by atoms with Crippen LogP contribution in [0.15, 0.2) is 24.5 Å². The summed E-state index contributed by atoms with van der Waals surface area (Å²) in [4.78, 5) is 18.6. The number of hydrogen-bond donors (Lipinski definition) is 0. The van der Waals surface area contributed by atoms with Crippen LogP contribution in [0.3, 0.4) is 0 Å². The highest BCUT2D eigenvalue weighted by atomic mass is 35.5. The van der Waals surface area contributed by atoms with Gasteiger partial charge in [0.2, 0.25) is 0 Å². The largest absolute Gasteiger partial charge is 0.326 e. The summed E-state index contributed by atoms with van der Waals surface area (Å²) >= 11 is 6.08. The van der Waals surface area contributed by atoms with E-state index in [1.807, 2.05) is 0 Å². The van der Waals surface area contributed by atoms with Crippen LogP contribution in [-0.4, -0.2) is 31.6 Å². The highest BCUT2D eigenvalue weighted by molar-refractivity contribution is 6.33. The normalized spacial score (nSPS) is 19.8. The maximum absolute atomic E-state index is 14.4. The summed E-state index contributed by atoms with van der Waals surface area (Å²) in [5.74, 6) is -5.45. The highest BCUT2D eigenvalue weighted by Gasteiger charge is 2.44. The summed E-state index contributed by atoms with van der Waals surface area (Å²) in [5, 5.41) is 4.47. The Kier molecular flexibility index (Phi) is 4.96. The van der Waals surface area contributed by atoms with Gasteiger partial charge in [0.15, 0.2) is 23.3 Å². The van der Waals surface area contributed by atoms with Crippen molar-refractivity contribution in [3.8, 4) is 11.3 Å². The molecule has 0 saturated carbocycles. The molecular weight excluding hydrogens is 448 g/mol. The molecule has 2 aliphatic heterocycles. The smallest absolute Gasteiger partial charge is 0.259 e. The van der Waals surface area contributed by atoms with Crippen LogP contribution in [0.1, 0.15) is 46.9 Å². The molecule has 5 rings (SSSR count). The van der Waals surface area contributed by atoms with E-state index < -0.39 is 35.2 Å². The number of carbonyl (C=O) groups excluding carboxylic acids is 1. The van der Waals surface area contributed by atoms with Gasteiger partial charge in [0.05, 0.1) is 34.2 Å². The van der Waals surface area contributed by atoms with Crippen LogP contribution < -0.4 is 0 Å². The van der Waals surface area contributed by atoms with Gasteiger partial charge in [-0.3, -0.25) is 14.5 Å². The molecule has 1 saturated heterocycles. The molecule has 0 aliphatic carbocycles. The molecule has 5 nitrogen and oxygen atoms in total. The number of aromatic nitrogens is 3. The molecule has 2 atom stereocenters. The molecule has 0 radical (unpaired) electrons. The van der Waals surface area contributed by atoms with Gasteiger partial charge in [-0.25, -0.2) is 17.6 Å². The fourth-order valence-electron chi connectivity index (χ4n) is 4.95. The van der Waals surface area contributed by atoms with E-state index in [0.29, 0.717) is 30.7 Å². The average molecular weight is 465 g/mol. The first kappa shape index (κ1) is 20.9. The molecule has 4 heterocycles. The summed E-state index contributed by atoms with van der Waals surface area (Å²) in [6, 6.07) is 1.17. The molecule has 2 bridgehead atoms. The van der Waals surface area contributed by atoms with E-state index in [-0.39, 0.29) is 22.2 Å². The first-order chi connectivity index (χ1) is 15.3. The number of nitrogens with zero attached hydrogens (tertiary/aromatic N) is 4. The molecule has 2 aromatic heterocycles. The van der Waals surface area contributed by atoms with Crippen LogP contribution in [-0.2, 0) is 13.5 Å². The molecule has 32 heavy (non-hydrogen) atoms. The second-order valence-corrected chi connectivity index (χ2v) is 8.49. The highest BCUT2D eigenvalue weighted by Crippen LogP contribution is 2.45. The zero-order valence-electron chi connectivity index (χ0n) is 16.9. The lowest BCUT2D eigenvalue weighted by atomic mass is 9.81. The Morgan fingerprint density at radius 1 is 1.09 bits per heavy atom. The third-order valence-corrected chi connectivity index (χ3v) is 6.52. The number of pyridine rings is 1. The number of rotatable bonds is 2. The fraction of sp³-hybridized carbons (Fsp3) is 0.318. The molecule has 1 fully saturated rings. The molecule has 0 N–H and O–H groups in total.